The maximum Gasteiger partial charge on any atom is 0.274 e. The summed E-state index contributed by atoms with van der Waals surface area (Å²) in [6.07, 6.45) is 2.19. The van der Waals surface area contributed by atoms with Crippen molar-refractivity contribution in [2.24, 2.45) is 7.05 Å². The van der Waals surface area contributed by atoms with Gasteiger partial charge >= 0.3 is 0 Å². The Bertz CT molecular complexity index is 870. The van der Waals surface area contributed by atoms with E-state index in [-0.39, 0.29) is 5.91 Å². The molecule has 0 aliphatic carbocycles. The predicted molar refractivity (Wildman–Crippen MR) is 93.9 cm³/mol. The van der Waals surface area contributed by atoms with Crippen LogP contribution in [0, 0.1) is 0 Å². The van der Waals surface area contributed by atoms with Gasteiger partial charge in [0.05, 0.1) is 5.69 Å². The summed E-state index contributed by atoms with van der Waals surface area (Å²) in [5.74, 6) is 1.70. The second-order valence-corrected chi connectivity index (χ2v) is 7.23. The number of carbonyl (C=O) groups excluding carboxylic acids is 1. The molecule has 4 heterocycles. The fraction of sp³-hybridized carbons (Fsp3) is 0.474. The molecule has 1 saturated heterocycles. The highest BCUT2D eigenvalue weighted by Gasteiger charge is 2.32. The Morgan fingerprint density at radius 2 is 1.96 bits per heavy atom. The Labute approximate surface area is 152 Å². The first-order chi connectivity index (χ1) is 12.7. The van der Waals surface area contributed by atoms with Crippen molar-refractivity contribution in [1.29, 1.82) is 0 Å². The van der Waals surface area contributed by atoms with Crippen molar-refractivity contribution in [3.63, 3.8) is 0 Å². The number of hydrogen-bond acceptors (Lipinski definition) is 5. The van der Waals surface area contributed by atoms with Gasteiger partial charge in [0, 0.05) is 45.3 Å². The molecule has 1 aromatic carbocycles. The molecule has 3 aliphatic rings. The molecule has 3 aliphatic heterocycles. The van der Waals surface area contributed by atoms with Crippen LogP contribution in [0.2, 0.25) is 0 Å². The van der Waals surface area contributed by atoms with E-state index in [1.54, 1.807) is 0 Å². The van der Waals surface area contributed by atoms with Gasteiger partial charge in [-0.25, -0.2) is 0 Å². The molecule has 0 N–H and O–H groups in total. The third-order valence-electron chi connectivity index (χ3n) is 5.47. The molecule has 5 rings (SSSR count). The van der Waals surface area contributed by atoms with E-state index in [0.717, 1.165) is 68.3 Å². The number of fused-ring (bicyclic) bond motifs is 2. The molecule has 0 spiro atoms. The zero-order valence-electron chi connectivity index (χ0n) is 14.9. The highest BCUT2D eigenvalue weighted by molar-refractivity contribution is 5.94. The summed E-state index contributed by atoms with van der Waals surface area (Å²) < 4.78 is 12.7. The molecule has 136 valence electrons. The fourth-order valence-electron chi connectivity index (χ4n) is 4.11. The summed E-state index contributed by atoms with van der Waals surface area (Å²) in [4.78, 5) is 17.1. The Morgan fingerprint density at radius 1 is 1.15 bits per heavy atom. The highest BCUT2D eigenvalue weighted by atomic mass is 16.7. The Morgan fingerprint density at radius 3 is 2.81 bits per heavy atom. The van der Waals surface area contributed by atoms with E-state index in [0.29, 0.717) is 12.5 Å². The largest absolute Gasteiger partial charge is 0.454 e. The molecule has 0 unspecified atom stereocenters. The zero-order valence-corrected chi connectivity index (χ0v) is 14.9. The molecular formula is C19H22N4O3. The monoisotopic (exact) mass is 354 g/mol. The lowest BCUT2D eigenvalue weighted by molar-refractivity contribution is 0.0784. The molecule has 1 amide bonds. The maximum atomic E-state index is 12.8. The quantitative estimate of drug-likeness (QED) is 0.843. The van der Waals surface area contributed by atoms with Crippen LogP contribution in [0.15, 0.2) is 18.2 Å². The number of ether oxygens (including phenoxy) is 2. The normalized spacial score (nSPS) is 18.6. The number of carbonyl (C=O) groups is 1. The summed E-state index contributed by atoms with van der Waals surface area (Å²) in [7, 11) is 1.93. The van der Waals surface area contributed by atoms with Crippen LogP contribution in [0.1, 0.15) is 40.2 Å². The molecule has 26 heavy (non-hydrogen) atoms. The van der Waals surface area contributed by atoms with Gasteiger partial charge in [0.1, 0.15) is 0 Å². The Balaban J connectivity index is 1.34. The van der Waals surface area contributed by atoms with Crippen molar-refractivity contribution in [2.45, 2.75) is 32.5 Å². The minimum Gasteiger partial charge on any atom is -0.454 e. The average Bonchev–Trinajstić information content (AvgIpc) is 3.40. The molecule has 0 bridgehead atoms. The second-order valence-electron chi connectivity index (χ2n) is 7.23. The van der Waals surface area contributed by atoms with E-state index in [1.807, 2.05) is 28.8 Å². The molecule has 1 fully saturated rings. The highest BCUT2D eigenvalue weighted by Crippen LogP contribution is 2.34. The maximum absolute atomic E-state index is 12.8. The Hall–Kier alpha value is -2.54. The van der Waals surface area contributed by atoms with Gasteiger partial charge in [0.15, 0.2) is 17.2 Å². The lowest BCUT2D eigenvalue weighted by Crippen LogP contribution is -2.29. The van der Waals surface area contributed by atoms with Crippen LogP contribution in [-0.4, -0.2) is 45.4 Å². The van der Waals surface area contributed by atoms with Crippen LogP contribution in [0.4, 0.5) is 0 Å². The summed E-state index contributed by atoms with van der Waals surface area (Å²) >= 11 is 0. The van der Waals surface area contributed by atoms with Crippen molar-refractivity contribution in [1.82, 2.24) is 19.6 Å². The number of benzene rings is 1. The van der Waals surface area contributed by atoms with Gasteiger partial charge in [0.25, 0.3) is 5.91 Å². The standard InChI is InChI=1S/C19H22N4O3/c1-21-15-11-22(9-13-4-5-16-17(8-13)26-12-25-16)10-14(15)18(20-21)19(24)23-6-2-3-7-23/h4-5,8H,2-3,6-7,9-12H2,1H3. The summed E-state index contributed by atoms with van der Waals surface area (Å²) in [6.45, 7) is 4.37. The smallest absolute Gasteiger partial charge is 0.274 e. The average molecular weight is 354 g/mol. The number of aromatic nitrogens is 2. The first-order valence-corrected chi connectivity index (χ1v) is 9.14. The number of rotatable bonds is 3. The van der Waals surface area contributed by atoms with Gasteiger partial charge in [-0.2, -0.15) is 5.10 Å². The van der Waals surface area contributed by atoms with Crippen molar-refractivity contribution in [3.05, 3.63) is 40.7 Å². The van der Waals surface area contributed by atoms with Crippen molar-refractivity contribution < 1.29 is 14.3 Å². The molecule has 7 heteroatoms. The number of aryl methyl sites for hydroxylation is 1. The van der Waals surface area contributed by atoms with Gasteiger partial charge in [0.2, 0.25) is 6.79 Å². The van der Waals surface area contributed by atoms with Gasteiger partial charge in [-0.05, 0) is 30.5 Å². The molecule has 1 aromatic heterocycles. The summed E-state index contributed by atoms with van der Waals surface area (Å²) in [5, 5.41) is 4.53. The minimum atomic E-state index is 0.0873. The zero-order chi connectivity index (χ0) is 17.7. The number of hydrogen-bond donors (Lipinski definition) is 0. The molecular weight excluding hydrogens is 332 g/mol. The van der Waals surface area contributed by atoms with Crippen LogP contribution in [0.5, 0.6) is 11.5 Å². The Kier molecular flexibility index (Phi) is 3.63. The van der Waals surface area contributed by atoms with Crippen molar-refractivity contribution in [2.75, 3.05) is 19.9 Å². The van der Waals surface area contributed by atoms with Gasteiger partial charge in [-0.1, -0.05) is 6.07 Å². The molecule has 7 nitrogen and oxygen atoms in total. The first-order valence-electron chi connectivity index (χ1n) is 9.14. The molecule has 0 radical (unpaired) electrons. The summed E-state index contributed by atoms with van der Waals surface area (Å²) in [6, 6.07) is 6.08. The van der Waals surface area contributed by atoms with E-state index in [1.165, 1.54) is 5.56 Å². The van der Waals surface area contributed by atoms with Crippen LogP contribution in [0.25, 0.3) is 0 Å². The van der Waals surface area contributed by atoms with E-state index in [2.05, 4.69) is 16.1 Å². The van der Waals surface area contributed by atoms with Gasteiger partial charge < -0.3 is 14.4 Å². The van der Waals surface area contributed by atoms with Crippen molar-refractivity contribution in [3.8, 4) is 11.5 Å². The molecule has 0 saturated carbocycles. The first kappa shape index (κ1) is 15.7. The number of amides is 1. The minimum absolute atomic E-state index is 0.0873. The SMILES string of the molecule is Cn1nc(C(=O)N2CCCC2)c2c1CN(Cc1ccc3c(c1)OCO3)C2. The number of likely N-dealkylation sites (tertiary alicyclic amines) is 1. The van der Waals surface area contributed by atoms with Crippen LogP contribution in [0.3, 0.4) is 0 Å². The van der Waals surface area contributed by atoms with Crippen LogP contribution >= 0.6 is 0 Å². The van der Waals surface area contributed by atoms with Crippen molar-refractivity contribution >= 4 is 5.91 Å². The topological polar surface area (TPSA) is 59.8 Å². The third kappa shape index (κ3) is 2.54. The van der Waals surface area contributed by atoms with E-state index < -0.39 is 0 Å². The molecule has 0 atom stereocenters. The lowest BCUT2D eigenvalue weighted by atomic mass is 10.2. The molecule has 2 aromatic rings. The van der Waals surface area contributed by atoms with E-state index >= 15 is 0 Å². The van der Waals surface area contributed by atoms with E-state index in [9.17, 15) is 4.79 Å². The lowest BCUT2D eigenvalue weighted by Gasteiger charge is -2.17. The third-order valence-corrected chi connectivity index (χ3v) is 5.47. The fourth-order valence-corrected chi connectivity index (χ4v) is 4.11. The predicted octanol–water partition coefficient (Wildman–Crippen LogP) is 1.90. The summed E-state index contributed by atoms with van der Waals surface area (Å²) in [5.41, 5.74) is 4.05. The van der Waals surface area contributed by atoms with Crippen LogP contribution in [-0.2, 0) is 26.7 Å². The van der Waals surface area contributed by atoms with E-state index in [4.69, 9.17) is 9.47 Å². The van der Waals surface area contributed by atoms with Gasteiger partial charge in [-0.15, -0.1) is 0 Å². The van der Waals surface area contributed by atoms with Crippen LogP contribution < -0.4 is 9.47 Å². The number of nitrogens with zero attached hydrogens (tertiary/aromatic N) is 4. The van der Waals surface area contributed by atoms with Gasteiger partial charge in [-0.3, -0.25) is 14.4 Å². The second kappa shape index (κ2) is 6.02.